The average molecular weight is 169 g/mol. The van der Waals surface area contributed by atoms with Crippen LogP contribution in [0.4, 0.5) is 0 Å². The molecule has 2 nitrogen and oxygen atoms in total. The fraction of sp³-hybridized carbons (Fsp3) is 0.250. The molecule has 3 N–H and O–H groups in total. The van der Waals surface area contributed by atoms with Crippen molar-refractivity contribution in [3.8, 4) is 0 Å². The highest BCUT2D eigenvalue weighted by Crippen LogP contribution is 2.20. The Balaban J connectivity index is 2.83. The number of nitrogens with two attached hydrogens (primary N) is 1. The molecule has 1 rings (SSSR count). The monoisotopic (exact) mass is 169 g/mol. The van der Waals surface area contributed by atoms with E-state index in [0.29, 0.717) is 6.54 Å². The van der Waals surface area contributed by atoms with Crippen LogP contribution in [-0.2, 0) is 6.54 Å². The Labute approximate surface area is 70.4 Å². The van der Waals surface area contributed by atoms with E-state index in [2.05, 4.69) is 0 Å². The van der Waals surface area contributed by atoms with Crippen LogP contribution < -0.4 is 5.73 Å². The van der Waals surface area contributed by atoms with Gasteiger partial charge in [0.2, 0.25) is 0 Å². The second-order valence-corrected chi connectivity index (χ2v) is 3.07. The SMILES string of the molecule is NCc1ccccc1SCO. The first kappa shape index (κ1) is 8.59. The zero-order valence-electron chi connectivity index (χ0n) is 6.16. The Bertz CT molecular complexity index is 227. The molecular formula is C8H11NOS. The van der Waals surface area contributed by atoms with Crippen molar-refractivity contribution in [1.82, 2.24) is 0 Å². The minimum Gasteiger partial charge on any atom is -0.385 e. The lowest BCUT2D eigenvalue weighted by Crippen LogP contribution is -1.97. The molecule has 0 unspecified atom stereocenters. The molecule has 0 heterocycles. The number of aliphatic hydroxyl groups excluding tert-OH is 1. The predicted molar refractivity (Wildman–Crippen MR) is 47.3 cm³/mol. The van der Waals surface area contributed by atoms with Crippen LogP contribution in [0.2, 0.25) is 0 Å². The first-order chi connectivity index (χ1) is 5.38. The average Bonchev–Trinajstić information content (AvgIpc) is 2.06. The Morgan fingerprint density at radius 2 is 2.09 bits per heavy atom. The van der Waals surface area contributed by atoms with E-state index in [-0.39, 0.29) is 5.94 Å². The highest BCUT2D eigenvalue weighted by atomic mass is 32.2. The molecule has 1 aromatic rings. The smallest absolute Gasteiger partial charge is 0.0932 e. The Kier molecular flexibility index (Phi) is 3.42. The number of thioether (sulfide) groups is 1. The maximum absolute atomic E-state index is 8.66. The van der Waals surface area contributed by atoms with Gasteiger partial charge in [0.25, 0.3) is 0 Å². The molecule has 60 valence electrons. The molecule has 0 aromatic heterocycles. The van der Waals surface area contributed by atoms with Crippen molar-refractivity contribution >= 4 is 11.8 Å². The summed E-state index contributed by atoms with van der Waals surface area (Å²) in [6, 6.07) is 7.82. The molecule has 0 saturated carbocycles. The molecule has 0 aliphatic carbocycles. The summed E-state index contributed by atoms with van der Waals surface area (Å²) >= 11 is 1.40. The van der Waals surface area contributed by atoms with Crippen molar-refractivity contribution in [2.75, 3.05) is 5.94 Å². The van der Waals surface area contributed by atoms with Crippen molar-refractivity contribution in [2.45, 2.75) is 11.4 Å². The first-order valence-corrected chi connectivity index (χ1v) is 4.38. The molecule has 0 fully saturated rings. The molecule has 0 atom stereocenters. The van der Waals surface area contributed by atoms with Gasteiger partial charge < -0.3 is 10.8 Å². The Hall–Kier alpha value is -0.510. The second kappa shape index (κ2) is 4.38. The van der Waals surface area contributed by atoms with E-state index in [1.165, 1.54) is 11.8 Å². The summed E-state index contributed by atoms with van der Waals surface area (Å²) in [5.41, 5.74) is 6.58. The standard InChI is InChI=1S/C8H11NOS/c9-5-7-3-1-2-4-8(7)11-6-10/h1-4,10H,5-6,9H2. The van der Waals surface area contributed by atoms with E-state index in [0.717, 1.165) is 10.5 Å². The van der Waals surface area contributed by atoms with Crippen molar-refractivity contribution in [1.29, 1.82) is 0 Å². The van der Waals surface area contributed by atoms with Gasteiger partial charge in [-0.25, -0.2) is 0 Å². The molecule has 0 aliphatic rings. The van der Waals surface area contributed by atoms with Gasteiger partial charge in [-0.3, -0.25) is 0 Å². The minimum atomic E-state index is 0.108. The summed E-state index contributed by atoms with van der Waals surface area (Å²) in [6.07, 6.45) is 0. The minimum absolute atomic E-state index is 0.108. The normalized spacial score (nSPS) is 10.0. The van der Waals surface area contributed by atoms with E-state index in [1.807, 2.05) is 24.3 Å². The lowest BCUT2D eigenvalue weighted by Gasteiger charge is -2.03. The van der Waals surface area contributed by atoms with Crippen LogP contribution in [0.15, 0.2) is 29.2 Å². The second-order valence-electron chi connectivity index (χ2n) is 2.09. The first-order valence-electron chi connectivity index (χ1n) is 3.40. The molecule has 0 aliphatic heterocycles. The van der Waals surface area contributed by atoms with Crippen LogP contribution in [0.3, 0.4) is 0 Å². The van der Waals surface area contributed by atoms with Crippen LogP contribution in [0.25, 0.3) is 0 Å². The fourth-order valence-electron chi connectivity index (χ4n) is 0.883. The summed E-state index contributed by atoms with van der Waals surface area (Å²) in [4.78, 5) is 1.07. The maximum atomic E-state index is 8.66. The quantitative estimate of drug-likeness (QED) is 0.527. The van der Waals surface area contributed by atoms with Crippen LogP contribution in [-0.4, -0.2) is 11.0 Å². The highest BCUT2D eigenvalue weighted by Gasteiger charge is 1.97. The van der Waals surface area contributed by atoms with Crippen LogP contribution >= 0.6 is 11.8 Å². The lowest BCUT2D eigenvalue weighted by atomic mass is 10.2. The maximum Gasteiger partial charge on any atom is 0.0932 e. The zero-order valence-corrected chi connectivity index (χ0v) is 6.97. The van der Waals surface area contributed by atoms with E-state index < -0.39 is 0 Å². The van der Waals surface area contributed by atoms with Gasteiger partial charge in [0.1, 0.15) is 0 Å². The largest absolute Gasteiger partial charge is 0.385 e. The molecule has 11 heavy (non-hydrogen) atoms. The third-order valence-corrected chi connectivity index (χ3v) is 2.25. The summed E-state index contributed by atoms with van der Waals surface area (Å²) < 4.78 is 0. The molecule has 0 amide bonds. The number of rotatable bonds is 3. The van der Waals surface area contributed by atoms with Crippen LogP contribution in [0.5, 0.6) is 0 Å². The van der Waals surface area contributed by atoms with Crippen molar-refractivity contribution < 1.29 is 5.11 Å². The summed E-state index contributed by atoms with van der Waals surface area (Å²) in [7, 11) is 0. The van der Waals surface area contributed by atoms with Crippen molar-refractivity contribution in [3.63, 3.8) is 0 Å². The van der Waals surface area contributed by atoms with Gasteiger partial charge in [0.15, 0.2) is 0 Å². The molecule has 0 bridgehead atoms. The number of hydrogen-bond acceptors (Lipinski definition) is 3. The summed E-state index contributed by atoms with van der Waals surface area (Å²) in [5.74, 6) is 0.108. The Morgan fingerprint density at radius 1 is 1.36 bits per heavy atom. The van der Waals surface area contributed by atoms with Gasteiger partial charge in [-0.2, -0.15) is 0 Å². The fourth-order valence-corrected chi connectivity index (χ4v) is 1.53. The van der Waals surface area contributed by atoms with E-state index in [9.17, 15) is 0 Å². The van der Waals surface area contributed by atoms with Crippen molar-refractivity contribution in [3.05, 3.63) is 29.8 Å². The van der Waals surface area contributed by atoms with E-state index in [1.54, 1.807) is 0 Å². The van der Waals surface area contributed by atoms with E-state index in [4.69, 9.17) is 10.8 Å². The van der Waals surface area contributed by atoms with Gasteiger partial charge in [0, 0.05) is 11.4 Å². The van der Waals surface area contributed by atoms with Gasteiger partial charge in [-0.15, -0.1) is 0 Å². The molecule has 0 spiro atoms. The molecule has 1 aromatic carbocycles. The molecule has 0 saturated heterocycles. The number of hydrogen-bond donors (Lipinski definition) is 2. The van der Waals surface area contributed by atoms with Gasteiger partial charge in [-0.1, -0.05) is 30.0 Å². The molecular weight excluding hydrogens is 158 g/mol. The van der Waals surface area contributed by atoms with Gasteiger partial charge in [-0.05, 0) is 11.6 Å². The van der Waals surface area contributed by atoms with Crippen molar-refractivity contribution in [2.24, 2.45) is 5.73 Å². The molecule has 0 radical (unpaired) electrons. The van der Waals surface area contributed by atoms with E-state index >= 15 is 0 Å². The number of aliphatic hydroxyl groups is 1. The third kappa shape index (κ3) is 2.22. The number of benzene rings is 1. The van der Waals surface area contributed by atoms with Gasteiger partial charge in [0.05, 0.1) is 5.94 Å². The third-order valence-electron chi connectivity index (χ3n) is 1.41. The topological polar surface area (TPSA) is 46.2 Å². The lowest BCUT2D eigenvalue weighted by molar-refractivity contribution is 0.375. The van der Waals surface area contributed by atoms with Crippen LogP contribution in [0, 0.1) is 0 Å². The highest BCUT2D eigenvalue weighted by molar-refractivity contribution is 7.99. The predicted octanol–water partition coefficient (Wildman–Crippen LogP) is 1.19. The zero-order chi connectivity index (χ0) is 8.10. The molecule has 3 heteroatoms. The van der Waals surface area contributed by atoms with Gasteiger partial charge >= 0.3 is 0 Å². The van der Waals surface area contributed by atoms with Crippen LogP contribution in [0.1, 0.15) is 5.56 Å². The summed E-state index contributed by atoms with van der Waals surface area (Å²) in [6.45, 7) is 0.531. The summed E-state index contributed by atoms with van der Waals surface area (Å²) in [5, 5.41) is 8.66. The Morgan fingerprint density at radius 3 is 2.73 bits per heavy atom.